The average molecular weight is 287 g/mol. The van der Waals surface area contributed by atoms with E-state index in [1.807, 2.05) is 13.0 Å². The summed E-state index contributed by atoms with van der Waals surface area (Å²) in [5.74, 6) is 0.124. The monoisotopic (exact) mass is 287 g/mol. The lowest BCUT2D eigenvalue weighted by atomic mass is 10.00. The summed E-state index contributed by atoms with van der Waals surface area (Å²) in [6, 6.07) is 6.00. The summed E-state index contributed by atoms with van der Waals surface area (Å²) in [6.07, 6.45) is -2.76. The maximum absolute atomic E-state index is 12.2. The summed E-state index contributed by atoms with van der Waals surface area (Å²) in [4.78, 5) is 0. The summed E-state index contributed by atoms with van der Waals surface area (Å²) in [5.41, 5.74) is 1.84. The zero-order valence-electron chi connectivity index (χ0n) is 11.9. The van der Waals surface area contributed by atoms with E-state index in [1.165, 1.54) is 12.1 Å². The lowest BCUT2D eigenvalue weighted by molar-refractivity contribution is -0.274. The Kier molecular flexibility index (Phi) is 6.07. The van der Waals surface area contributed by atoms with E-state index in [-0.39, 0.29) is 5.75 Å². The third-order valence-electron chi connectivity index (χ3n) is 2.76. The second-order valence-electron chi connectivity index (χ2n) is 4.77. The molecular weight excluding hydrogens is 267 g/mol. The van der Waals surface area contributed by atoms with Gasteiger partial charge in [0.05, 0.1) is 0 Å². The molecule has 0 saturated carbocycles. The highest BCUT2D eigenvalue weighted by atomic mass is 19.4. The number of rotatable bonds is 6. The van der Waals surface area contributed by atoms with Crippen LogP contribution in [0, 0.1) is 5.92 Å². The van der Waals surface area contributed by atoms with Gasteiger partial charge in [-0.25, -0.2) is 0 Å². The number of hydrogen-bond acceptors (Lipinski definition) is 2. The average Bonchev–Trinajstić information content (AvgIpc) is 2.32. The van der Waals surface area contributed by atoms with Gasteiger partial charge in [-0.2, -0.15) is 0 Å². The molecule has 1 rings (SSSR count). The van der Waals surface area contributed by atoms with Crippen LogP contribution in [0.15, 0.2) is 29.8 Å². The molecule has 0 bridgehead atoms. The molecule has 0 saturated heterocycles. The first-order chi connectivity index (χ1) is 9.31. The van der Waals surface area contributed by atoms with E-state index in [1.54, 1.807) is 12.1 Å². The summed E-state index contributed by atoms with van der Waals surface area (Å²) < 4.78 is 40.5. The van der Waals surface area contributed by atoms with Gasteiger partial charge in [-0.3, -0.25) is 0 Å². The van der Waals surface area contributed by atoms with E-state index in [0.717, 1.165) is 18.7 Å². The second-order valence-corrected chi connectivity index (χ2v) is 4.77. The molecule has 0 heterocycles. The standard InChI is InChI=1S/C15H20F3NO/c1-4-19-10-13(11(2)3)8-12-6-5-7-14(9-12)20-15(16,17)18/h5-9,11,19H,4,10H2,1-3H3/b13-8-. The Morgan fingerprint density at radius 1 is 1.35 bits per heavy atom. The highest BCUT2D eigenvalue weighted by Crippen LogP contribution is 2.24. The molecule has 0 unspecified atom stereocenters. The fraction of sp³-hybridized carbons (Fsp3) is 0.467. The van der Waals surface area contributed by atoms with Crippen LogP contribution in [0.25, 0.3) is 6.08 Å². The first-order valence-electron chi connectivity index (χ1n) is 6.59. The molecule has 2 nitrogen and oxygen atoms in total. The van der Waals surface area contributed by atoms with Gasteiger partial charge < -0.3 is 10.1 Å². The van der Waals surface area contributed by atoms with Gasteiger partial charge in [-0.15, -0.1) is 13.2 Å². The van der Waals surface area contributed by atoms with Gasteiger partial charge in [0.25, 0.3) is 0 Å². The number of alkyl halides is 3. The quantitative estimate of drug-likeness (QED) is 0.845. The highest BCUT2D eigenvalue weighted by molar-refractivity contribution is 5.55. The van der Waals surface area contributed by atoms with Gasteiger partial charge >= 0.3 is 6.36 Å². The molecular formula is C15H20F3NO. The van der Waals surface area contributed by atoms with E-state index in [0.29, 0.717) is 11.5 Å². The molecule has 0 aromatic heterocycles. The van der Waals surface area contributed by atoms with E-state index in [9.17, 15) is 13.2 Å². The SMILES string of the molecule is CCNC/C(=C/c1cccc(OC(F)(F)F)c1)C(C)C. The van der Waals surface area contributed by atoms with E-state index in [2.05, 4.69) is 23.9 Å². The summed E-state index contributed by atoms with van der Waals surface area (Å²) in [5, 5.41) is 3.22. The van der Waals surface area contributed by atoms with Gasteiger partial charge in [-0.1, -0.05) is 44.6 Å². The highest BCUT2D eigenvalue weighted by Gasteiger charge is 2.31. The molecule has 112 valence electrons. The van der Waals surface area contributed by atoms with Crippen molar-refractivity contribution >= 4 is 6.08 Å². The zero-order chi connectivity index (χ0) is 15.2. The van der Waals surface area contributed by atoms with Crippen molar-refractivity contribution in [3.63, 3.8) is 0 Å². The van der Waals surface area contributed by atoms with Crippen LogP contribution >= 0.6 is 0 Å². The van der Waals surface area contributed by atoms with Crippen LogP contribution in [0.4, 0.5) is 13.2 Å². The minimum Gasteiger partial charge on any atom is -0.406 e. The topological polar surface area (TPSA) is 21.3 Å². The minimum atomic E-state index is -4.66. The molecule has 0 aliphatic heterocycles. The van der Waals surface area contributed by atoms with Gasteiger partial charge in [0.1, 0.15) is 5.75 Å². The first-order valence-corrected chi connectivity index (χ1v) is 6.59. The fourth-order valence-electron chi connectivity index (χ4n) is 1.71. The number of ether oxygens (including phenoxy) is 1. The number of likely N-dealkylation sites (N-methyl/N-ethyl adjacent to an activating group) is 1. The molecule has 0 radical (unpaired) electrons. The summed E-state index contributed by atoms with van der Waals surface area (Å²) in [6.45, 7) is 7.69. The number of nitrogens with one attached hydrogen (secondary N) is 1. The van der Waals surface area contributed by atoms with Crippen LogP contribution in [0.5, 0.6) is 5.75 Å². The first kappa shape index (κ1) is 16.6. The third kappa shape index (κ3) is 6.10. The minimum absolute atomic E-state index is 0.196. The predicted molar refractivity (Wildman–Crippen MR) is 74.5 cm³/mol. The molecule has 0 aliphatic rings. The molecule has 0 aliphatic carbocycles. The van der Waals surface area contributed by atoms with Crippen molar-refractivity contribution in [2.75, 3.05) is 13.1 Å². The Bertz CT molecular complexity index is 453. The van der Waals surface area contributed by atoms with Crippen molar-refractivity contribution in [2.24, 2.45) is 5.92 Å². The van der Waals surface area contributed by atoms with Crippen molar-refractivity contribution in [1.29, 1.82) is 0 Å². The van der Waals surface area contributed by atoms with Gasteiger partial charge in [0, 0.05) is 6.54 Å². The van der Waals surface area contributed by atoms with Crippen LogP contribution in [0.1, 0.15) is 26.3 Å². The molecule has 0 fully saturated rings. The smallest absolute Gasteiger partial charge is 0.406 e. The van der Waals surface area contributed by atoms with E-state index in [4.69, 9.17) is 0 Å². The Hall–Kier alpha value is -1.49. The lowest BCUT2D eigenvalue weighted by Gasteiger charge is -2.13. The maximum atomic E-state index is 12.2. The van der Waals surface area contributed by atoms with Crippen LogP contribution < -0.4 is 10.1 Å². The molecule has 20 heavy (non-hydrogen) atoms. The lowest BCUT2D eigenvalue weighted by Crippen LogP contribution is -2.18. The predicted octanol–water partition coefficient (Wildman–Crippen LogP) is 4.23. The van der Waals surface area contributed by atoms with Crippen LogP contribution in [-0.4, -0.2) is 19.5 Å². The maximum Gasteiger partial charge on any atom is 0.573 e. The Morgan fingerprint density at radius 3 is 2.60 bits per heavy atom. The van der Waals surface area contributed by atoms with Crippen molar-refractivity contribution in [1.82, 2.24) is 5.32 Å². The Morgan fingerprint density at radius 2 is 2.05 bits per heavy atom. The number of benzene rings is 1. The zero-order valence-corrected chi connectivity index (χ0v) is 11.9. The van der Waals surface area contributed by atoms with Gasteiger partial charge in [-0.05, 0) is 30.2 Å². The molecule has 1 aromatic carbocycles. The van der Waals surface area contributed by atoms with Gasteiger partial charge in [0.15, 0.2) is 0 Å². The van der Waals surface area contributed by atoms with Crippen molar-refractivity contribution in [2.45, 2.75) is 27.1 Å². The number of hydrogen-bond donors (Lipinski definition) is 1. The molecule has 1 aromatic rings. The van der Waals surface area contributed by atoms with Crippen LogP contribution in [0.3, 0.4) is 0 Å². The largest absolute Gasteiger partial charge is 0.573 e. The summed E-state index contributed by atoms with van der Waals surface area (Å²) in [7, 11) is 0. The third-order valence-corrected chi connectivity index (χ3v) is 2.76. The Balaban J connectivity index is 2.91. The molecule has 5 heteroatoms. The van der Waals surface area contributed by atoms with E-state index < -0.39 is 6.36 Å². The summed E-state index contributed by atoms with van der Waals surface area (Å²) >= 11 is 0. The normalized spacial score (nSPS) is 12.8. The number of halogens is 3. The van der Waals surface area contributed by atoms with Crippen molar-refractivity contribution in [3.8, 4) is 5.75 Å². The second kappa shape index (κ2) is 7.33. The van der Waals surface area contributed by atoms with Crippen LogP contribution in [0.2, 0.25) is 0 Å². The molecule has 0 spiro atoms. The fourth-order valence-corrected chi connectivity index (χ4v) is 1.71. The van der Waals surface area contributed by atoms with Crippen molar-refractivity contribution in [3.05, 3.63) is 35.4 Å². The molecule has 0 atom stereocenters. The Labute approximate surface area is 117 Å². The van der Waals surface area contributed by atoms with E-state index >= 15 is 0 Å². The van der Waals surface area contributed by atoms with Crippen molar-refractivity contribution < 1.29 is 17.9 Å². The molecule has 0 amide bonds. The van der Waals surface area contributed by atoms with Crippen LogP contribution in [-0.2, 0) is 0 Å². The van der Waals surface area contributed by atoms with Gasteiger partial charge in [0.2, 0.25) is 0 Å². The molecule has 1 N–H and O–H groups in total.